The van der Waals surface area contributed by atoms with Crippen molar-refractivity contribution in [2.75, 3.05) is 19.6 Å². The van der Waals surface area contributed by atoms with E-state index in [-0.39, 0.29) is 63.8 Å². The van der Waals surface area contributed by atoms with Gasteiger partial charge in [0.2, 0.25) is 11.8 Å². The quantitative estimate of drug-likeness (QED) is 0.0532. The van der Waals surface area contributed by atoms with Crippen molar-refractivity contribution in [1.82, 2.24) is 61.1 Å². The average Bonchev–Trinajstić information content (AvgIpc) is 1.77. The van der Waals surface area contributed by atoms with E-state index < -0.39 is 90.1 Å². The van der Waals surface area contributed by atoms with Gasteiger partial charge in [-0.2, -0.15) is 0 Å². The Labute approximate surface area is 542 Å². The minimum absolute atomic E-state index is 0.0177. The molecule has 9 aromatic rings. The van der Waals surface area contributed by atoms with Gasteiger partial charge >= 0.3 is 5.97 Å². The molecular weight excluding hydrogens is 1290 g/mol. The van der Waals surface area contributed by atoms with Gasteiger partial charge in [-0.1, -0.05) is 49.4 Å². The first-order chi connectivity index (χ1) is 43.7. The number of benzene rings is 2. The predicted octanol–water partition coefficient (Wildman–Crippen LogP) is 6.85. The molecule has 1 saturated heterocycles. The Morgan fingerprint density at radius 3 is 2.02 bits per heavy atom. The van der Waals surface area contributed by atoms with E-state index in [1.54, 1.807) is 79.2 Å². The van der Waals surface area contributed by atoms with Crippen LogP contribution in [0.2, 0.25) is 0 Å². The number of rotatable bonds is 14. The summed E-state index contributed by atoms with van der Waals surface area (Å²) in [6.07, 6.45) is -1.62. The third-order valence-electron chi connectivity index (χ3n) is 15.3. The number of fused-ring (bicyclic) bond motifs is 14. The number of aromatic nitrogens is 7. The second-order valence-electron chi connectivity index (χ2n) is 21.8. The number of carbonyl (C=O) groups is 7. The number of aliphatic carboxylic acids is 1. The number of carboxylic acids is 1. The number of likely N-dealkylation sites (tertiary alicyclic amines) is 1. The van der Waals surface area contributed by atoms with E-state index in [9.17, 15) is 49.2 Å². The number of nitrogens with one attached hydrogen (secondary N) is 4. The van der Waals surface area contributed by atoms with Crippen LogP contribution in [0.4, 0.5) is 0 Å². The highest BCUT2D eigenvalue weighted by Crippen LogP contribution is 2.40. The lowest BCUT2D eigenvalue weighted by Crippen LogP contribution is -2.51. The minimum atomic E-state index is -1.44. The summed E-state index contributed by atoms with van der Waals surface area (Å²) >= 11 is 6.70. The lowest BCUT2D eigenvalue weighted by Gasteiger charge is -2.36. The monoisotopic (exact) mass is 1340 g/mol. The molecule has 10 bridgehead atoms. The highest BCUT2D eigenvalue weighted by Gasteiger charge is 2.37. The number of pyridine rings is 1. The van der Waals surface area contributed by atoms with Gasteiger partial charge < -0.3 is 58.1 Å². The number of amides is 6. The van der Waals surface area contributed by atoms with E-state index in [4.69, 9.17) is 31.4 Å². The maximum absolute atomic E-state index is 15.2. The number of phenolic OH excluding ortho intramolecular Hbond substituents is 1. The van der Waals surface area contributed by atoms with E-state index in [2.05, 4.69) is 36.2 Å². The molecule has 11 rings (SSSR count). The Hall–Kier alpha value is -8.66. The Kier molecular flexibility index (Phi) is 19.5. The van der Waals surface area contributed by atoms with Gasteiger partial charge in [-0.3, -0.25) is 33.6 Å². The molecule has 1 fully saturated rings. The lowest BCUT2D eigenvalue weighted by atomic mass is 9.91. The van der Waals surface area contributed by atoms with Gasteiger partial charge in [0, 0.05) is 69.2 Å². The first-order valence-corrected chi connectivity index (χ1v) is 33.6. The molecule has 31 heteroatoms. The maximum atomic E-state index is 15.2. The Balaban J connectivity index is 1.01. The summed E-state index contributed by atoms with van der Waals surface area (Å²) < 4.78 is 0. The maximum Gasteiger partial charge on any atom is 0.303 e. The van der Waals surface area contributed by atoms with Crippen LogP contribution in [0, 0.1) is 18.8 Å². The van der Waals surface area contributed by atoms with Crippen LogP contribution >= 0.6 is 68.0 Å². The van der Waals surface area contributed by atoms with Crippen LogP contribution in [0.25, 0.3) is 43.4 Å². The number of aromatic hydroxyl groups is 1. The van der Waals surface area contributed by atoms with Gasteiger partial charge in [0.1, 0.15) is 93.8 Å². The van der Waals surface area contributed by atoms with Crippen LogP contribution in [-0.2, 0) is 20.8 Å². The van der Waals surface area contributed by atoms with E-state index in [1.807, 2.05) is 4.90 Å². The molecule has 25 nitrogen and oxygen atoms in total. The second kappa shape index (κ2) is 27.8. The fourth-order valence-electron chi connectivity index (χ4n) is 10.6. The average molecular weight is 1340 g/mol. The molecule has 0 radical (unpaired) electrons. The molecule has 12 N–H and O–H groups in total. The zero-order valence-corrected chi connectivity index (χ0v) is 53.2. The van der Waals surface area contributed by atoms with Gasteiger partial charge in [-0.25, -0.2) is 34.9 Å². The van der Waals surface area contributed by atoms with Crippen LogP contribution < -0.4 is 32.7 Å². The zero-order chi connectivity index (χ0) is 64.2. The normalized spacial score (nSPS) is 19.5. The molecule has 9 heterocycles. The number of aliphatic hydroxyl groups excluding tert-OH is 2. The van der Waals surface area contributed by atoms with Crippen molar-refractivity contribution in [3.05, 3.63) is 147 Å². The lowest BCUT2D eigenvalue weighted by molar-refractivity contribution is -0.138. The number of piperidine rings is 1. The number of nitrogens with two attached hydrogens (primary N) is 2. The highest BCUT2D eigenvalue weighted by molar-refractivity contribution is 7.15. The van der Waals surface area contributed by atoms with Crippen LogP contribution in [0.15, 0.2) is 93.6 Å². The number of aryl methyl sites for hydroxylation is 1. The minimum Gasteiger partial charge on any atom is -0.508 e. The second-order valence-corrected chi connectivity index (χ2v) is 27.4. The van der Waals surface area contributed by atoms with Crippen molar-refractivity contribution in [2.24, 2.45) is 23.3 Å². The topological polar surface area (TPSA) is 394 Å². The van der Waals surface area contributed by atoms with Crippen LogP contribution in [0.5, 0.6) is 5.75 Å². The molecular formula is C60H58N14O11S6. The number of thiazole rings is 6. The highest BCUT2D eigenvalue weighted by atomic mass is 32.1. The van der Waals surface area contributed by atoms with E-state index in [1.165, 1.54) is 50.9 Å². The molecule has 7 aromatic heterocycles. The molecule has 91 heavy (non-hydrogen) atoms. The molecule has 470 valence electrons. The number of hydrogen-bond acceptors (Lipinski definition) is 24. The fraction of sp³-hybridized carbons (Fsp3) is 0.300. The molecule has 0 spiro atoms. The Morgan fingerprint density at radius 2 is 1.30 bits per heavy atom. The summed E-state index contributed by atoms with van der Waals surface area (Å²) in [5.74, 6) is -6.28. The molecule has 8 atom stereocenters. The van der Waals surface area contributed by atoms with Crippen molar-refractivity contribution in [3.63, 3.8) is 0 Å². The number of primary amides is 2. The third kappa shape index (κ3) is 14.9. The molecule has 0 aliphatic carbocycles. The fourth-order valence-corrected chi connectivity index (χ4v) is 15.9. The first kappa shape index (κ1) is 63.9. The zero-order valence-electron chi connectivity index (χ0n) is 48.3. The number of carboxylic acid groups (broad SMARTS) is 1. The first-order valence-electron chi connectivity index (χ1n) is 28.4. The number of nitrogens with zero attached hydrogens (tertiary/aromatic N) is 8. The van der Waals surface area contributed by atoms with E-state index in [0.29, 0.717) is 77.5 Å². The van der Waals surface area contributed by atoms with Crippen LogP contribution in [0.1, 0.15) is 130 Å². The number of β-amino-alcohol motifs (C(OH)–C–C–N with tert-alkyl or cyclic N) is 1. The van der Waals surface area contributed by atoms with E-state index in [0.717, 1.165) is 58.2 Å². The Bertz CT molecular complexity index is 4180. The molecule has 2 aromatic carbocycles. The van der Waals surface area contributed by atoms with Gasteiger partial charge in [-0.15, -0.1) is 68.0 Å². The third-order valence-corrected chi connectivity index (χ3v) is 20.9. The molecule has 2 aliphatic heterocycles. The molecule has 6 amide bonds. The number of hydrogen-bond donors (Lipinski definition) is 10. The predicted molar refractivity (Wildman–Crippen MR) is 342 cm³/mol. The summed E-state index contributed by atoms with van der Waals surface area (Å²) in [6, 6.07) is 13.2. The molecule has 0 unspecified atom stereocenters. The standard InChI is InChI=1S/C60H58N14O11S6/c1-27(42(76)21-74-16-6-7-30(20-74)18-44(78)79)45-59-70-41(26-90-59)57-66-37(22-87-57)47-33(14-15-34(63-47)56-67-38(23-88-56)50(62)81)55-68-39(24-86-55)53(84)65-36(19-43(61)77)58-73-46(28(2)91-58)54(85)72-48(49(80)31-8-4-3-5-9-31)60-69-40(25-89-60)52(83)64-35(51(82)71-45)17-29-10-12-32(75)13-11-29/h3-5,8-15,22-27,30,35-36,42,45,48-49,75-76,80H,6-7,16-21H2,1-2H3,(H2,61,77)(H2,62,81)(H,64,83)(H,65,84)(H,71,82)(H,72,85)(H,78,79)/t27-,30-,35-,36-,42-,45-,48-,49+/m0/s1. The van der Waals surface area contributed by atoms with Crippen molar-refractivity contribution >= 4 is 109 Å². The summed E-state index contributed by atoms with van der Waals surface area (Å²) in [5, 5.41) is 65.5. The number of aliphatic hydroxyl groups is 2. The van der Waals surface area contributed by atoms with Crippen molar-refractivity contribution < 1.29 is 54.0 Å². The summed E-state index contributed by atoms with van der Waals surface area (Å²) in [5.41, 5.74) is 13.9. The largest absolute Gasteiger partial charge is 0.508 e. The van der Waals surface area contributed by atoms with Crippen molar-refractivity contribution in [2.45, 2.75) is 82.3 Å². The molecule has 0 saturated carbocycles. The smallest absolute Gasteiger partial charge is 0.303 e. The summed E-state index contributed by atoms with van der Waals surface area (Å²) in [7, 11) is 0. The van der Waals surface area contributed by atoms with Crippen LogP contribution in [-0.4, -0.2) is 133 Å². The van der Waals surface area contributed by atoms with Gasteiger partial charge in [0.25, 0.3) is 23.6 Å². The van der Waals surface area contributed by atoms with Crippen molar-refractivity contribution in [1.29, 1.82) is 0 Å². The van der Waals surface area contributed by atoms with Gasteiger partial charge in [0.05, 0.1) is 30.3 Å². The van der Waals surface area contributed by atoms with Crippen molar-refractivity contribution in [3.8, 4) is 49.1 Å². The SMILES string of the molecule is Cc1sc2nc1C(=O)N[C@@H]([C@H](O)c1ccccc1)c1nc(cs1)C(=O)N[C@@H](Cc1ccc(O)cc1)C(=O)N[C@@H]([C@@H](C)[C@@H](O)CN1CCC[C@@H](CC(=O)O)C1)c1nc(cs1)-c1nc(cs1)-c1nc(-c3nc(C(N)=O)cs3)ccc1-c1nc(cs1)C(=O)N[C@H]2CC(N)=O. The van der Waals surface area contributed by atoms with Gasteiger partial charge in [0.15, 0.2) is 0 Å². The van der Waals surface area contributed by atoms with Crippen LogP contribution in [0.3, 0.4) is 0 Å². The molecule has 2 aliphatic rings. The number of phenols is 1. The summed E-state index contributed by atoms with van der Waals surface area (Å²) in [4.78, 5) is 131. The van der Waals surface area contributed by atoms with E-state index >= 15 is 4.79 Å². The van der Waals surface area contributed by atoms with Gasteiger partial charge in [-0.05, 0) is 67.6 Å². The Morgan fingerprint density at radius 1 is 0.648 bits per heavy atom. The number of carbonyl (C=O) groups excluding carboxylic acids is 6. The summed E-state index contributed by atoms with van der Waals surface area (Å²) in [6.45, 7) is 4.59.